The lowest BCUT2D eigenvalue weighted by Crippen LogP contribution is -2.09. The molecule has 0 aromatic heterocycles. The van der Waals surface area contributed by atoms with E-state index in [1.165, 1.54) is 25.1 Å². The number of anilines is 2. The Morgan fingerprint density at radius 3 is 2.25 bits per heavy atom. The molecule has 0 heterocycles. The van der Waals surface area contributed by atoms with Crippen LogP contribution in [0.1, 0.15) is 12.5 Å². The minimum Gasteiger partial charge on any atom is -0.326 e. The third kappa shape index (κ3) is 5.06. The van der Waals surface area contributed by atoms with Crippen molar-refractivity contribution in [2.75, 3.05) is 10.6 Å². The van der Waals surface area contributed by atoms with E-state index in [-0.39, 0.29) is 17.5 Å². The van der Waals surface area contributed by atoms with Crippen LogP contribution in [-0.4, -0.2) is 16.7 Å². The zero-order valence-corrected chi connectivity index (χ0v) is 12.9. The molecule has 0 aliphatic rings. The second kappa shape index (κ2) is 7.68. The smallest absolute Gasteiger partial charge is 0.269 e. The van der Waals surface area contributed by atoms with Gasteiger partial charge in [0, 0.05) is 36.5 Å². The number of nitro groups is 1. The Morgan fingerprint density at radius 2 is 1.67 bits per heavy atom. The molecule has 7 nitrogen and oxygen atoms in total. The quantitative estimate of drug-likeness (QED) is 0.500. The van der Waals surface area contributed by atoms with Gasteiger partial charge in [-0.2, -0.15) is 0 Å². The molecule has 0 radical (unpaired) electrons. The number of hydrogen-bond acceptors (Lipinski definition) is 4. The summed E-state index contributed by atoms with van der Waals surface area (Å²) in [5, 5.41) is 15.9. The number of carbonyl (C=O) groups excluding carboxylic acids is 2. The van der Waals surface area contributed by atoms with Gasteiger partial charge >= 0.3 is 0 Å². The summed E-state index contributed by atoms with van der Waals surface area (Å²) in [6, 6.07) is 12.6. The average molecular weight is 325 g/mol. The number of amides is 2. The normalized spacial score (nSPS) is 10.4. The molecule has 0 atom stereocenters. The van der Waals surface area contributed by atoms with Crippen molar-refractivity contribution in [3.8, 4) is 0 Å². The predicted octanol–water partition coefficient (Wildman–Crippen LogP) is 3.21. The van der Waals surface area contributed by atoms with Gasteiger partial charge in [-0.05, 0) is 42.0 Å². The fourth-order valence-electron chi connectivity index (χ4n) is 1.94. The minimum atomic E-state index is -0.484. The Morgan fingerprint density at radius 1 is 1.04 bits per heavy atom. The van der Waals surface area contributed by atoms with Crippen LogP contribution >= 0.6 is 0 Å². The number of benzene rings is 2. The Hall–Kier alpha value is -3.48. The highest BCUT2D eigenvalue weighted by Gasteiger charge is 2.03. The maximum atomic E-state index is 11.9. The van der Waals surface area contributed by atoms with Gasteiger partial charge < -0.3 is 10.6 Å². The number of nitro benzene ring substituents is 1. The minimum absolute atomic E-state index is 0.00797. The van der Waals surface area contributed by atoms with Crippen molar-refractivity contribution in [1.82, 2.24) is 0 Å². The van der Waals surface area contributed by atoms with E-state index in [1.807, 2.05) is 0 Å². The molecule has 2 amide bonds. The molecule has 0 aliphatic heterocycles. The van der Waals surface area contributed by atoms with Crippen molar-refractivity contribution in [2.24, 2.45) is 0 Å². The first-order valence-corrected chi connectivity index (χ1v) is 7.05. The molecule has 0 saturated heterocycles. The van der Waals surface area contributed by atoms with E-state index >= 15 is 0 Å². The summed E-state index contributed by atoms with van der Waals surface area (Å²) < 4.78 is 0. The molecule has 0 spiro atoms. The Balaban J connectivity index is 1.99. The van der Waals surface area contributed by atoms with Crippen molar-refractivity contribution in [1.29, 1.82) is 0 Å². The maximum absolute atomic E-state index is 11.9. The molecule has 0 bridgehead atoms. The monoisotopic (exact) mass is 325 g/mol. The van der Waals surface area contributed by atoms with Gasteiger partial charge in [0.2, 0.25) is 11.8 Å². The summed E-state index contributed by atoms with van der Waals surface area (Å²) in [5.41, 5.74) is 1.79. The molecule has 24 heavy (non-hydrogen) atoms. The van der Waals surface area contributed by atoms with E-state index in [2.05, 4.69) is 10.6 Å². The molecule has 2 rings (SSSR count). The Bertz CT molecular complexity index is 798. The summed E-state index contributed by atoms with van der Waals surface area (Å²) in [4.78, 5) is 33.0. The van der Waals surface area contributed by atoms with E-state index in [1.54, 1.807) is 42.5 Å². The first kappa shape index (κ1) is 16.9. The number of non-ortho nitro benzene ring substituents is 1. The molecular weight excluding hydrogens is 310 g/mol. The zero-order chi connectivity index (χ0) is 17.5. The van der Waals surface area contributed by atoms with Crippen LogP contribution in [0.5, 0.6) is 0 Å². The first-order chi connectivity index (χ1) is 11.4. The lowest BCUT2D eigenvalue weighted by Gasteiger charge is -2.06. The van der Waals surface area contributed by atoms with Crippen LogP contribution in [0, 0.1) is 10.1 Å². The van der Waals surface area contributed by atoms with Crippen molar-refractivity contribution in [3.63, 3.8) is 0 Å². The highest BCUT2D eigenvalue weighted by molar-refractivity contribution is 6.02. The van der Waals surface area contributed by atoms with Crippen LogP contribution in [0.4, 0.5) is 17.1 Å². The van der Waals surface area contributed by atoms with E-state index in [0.29, 0.717) is 16.9 Å². The summed E-state index contributed by atoms with van der Waals surface area (Å²) in [6.45, 7) is 1.40. The molecule has 0 saturated carbocycles. The van der Waals surface area contributed by atoms with Crippen LogP contribution in [0.3, 0.4) is 0 Å². The van der Waals surface area contributed by atoms with Crippen molar-refractivity contribution >= 4 is 35.0 Å². The maximum Gasteiger partial charge on any atom is 0.269 e. The summed E-state index contributed by atoms with van der Waals surface area (Å²) in [6.07, 6.45) is 2.88. The summed E-state index contributed by atoms with van der Waals surface area (Å²) in [5.74, 6) is -0.551. The van der Waals surface area contributed by atoms with Gasteiger partial charge in [0.1, 0.15) is 0 Å². The zero-order valence-electron chi connectivity index (χ0n) is 12.9. The second-order valence-corrected chi connectivity index (χ2v) is 4.93. The number of rotatable bonds is 5. The van der Waals surface area contributed by atoms with Gasteiger partial charge in [-0.3, -0.25) is 19.7 Å². The van der Waals surface area contributed by atoms with Gasteiger partial charge in [-0.15, -0.1) is 0 Å². The van der Waals surface area contributed by atoms with Crippen LogP contribution in [-0.2, 0) is 9.59 Å². The fraction of sp³-hybridized carbons (Fsp3) is 0.0588. The molecule has 0 fully saturated rings. The molecule has 122 valence electrons. The van der Waals surface area contributed by atoms with E-state index < -0.39 is 4.92 Å². The Labute approximate surface area is 138 Å². The van der Waals surface area contributed by atoms with Gasteiger partial charge in [-0.1, -0.05) is 6.07 Å². The SMILES string of the molecule is CC(=O)Nc1cccc(NC(=O)C=Cc2ccc([N+](=O)[O-])cc2)c1. The average Bonchev–Trinajstić information content (AvgIpc) is 2.53. The van der Waals surface area contributed by atoms with Crippen LogP contribution < -0.4 is 10.6 Å². The van der Waals surface area contributed by atoms with Gasteiger partial charge in [0.25, 0.3) is 5.69 Å². The largest absolute Gasteiger partial charge is 0.326 e. The summed E-state index contributed by atoms with van der Waals surface area (Å²) >= 11 is 0. The van der Waals surface area contributed by atoms with Gasteiger partial charge in [0.15, 0.2) is 0 Å². The Kier molecular flexibility index (Phi) is 5.40. The van der Waals surface area contributed by atoms with Crippen LogP contribution in [0.2, 0.25) is 0 Å². The molecule has 7 heteroatoms. The second-order valence-electron chi connectivity index (χ2n) is 4.93. The predicted molar refractivity (Wildman–Crippen MR) is 91.5 cm³/mol. The number of carbonyl (C=O) groups is 2. The van der Waals surface area contributed by atoms with E-state index in [4.69, 9.17) is 0 Å². The van der Waals surface area contributed by atoms with Crippen molar-refractivity contribution in [3.05, 3.63) is 70.3 Å². The van der Waals surface area contributed by atoms with E-state index in [0.717, 1.165) is 0 Å². The third-order valence-electron chi connectivity index (χ3n) is 2.98. The molecule has 0 aliphatic carbocycles. The standard InChI is InChI=1S/C17H15N3O4/c1-12(21)18-14-3-2-4-15(11-14)19-17(22)10-7-13-5-8-16(9-6-13)20(23)24/h2-11H,1H3,(H,18,21)(H,19,22). The van der Waals surface area contributed by atoms with Gasteiger partial charge in [0.05, 0.1) is 4.92 Å². The lowest BCUT2D eigenvalue weighted by molar-refractivity contribution is -0.384. The van der Waals surface area contributed by atoms with Gasteiger partial charge in [-0.25, -0.2) is 0 Å². The van der Waals surface area contributed by atoms with Crippen LogP contribution in [0.25, 0.3) is 6.08 Å². The highest BCUT2D eigenvalue weighted by atomic mass is 16.6. The summed E-state index contributed by atoms with van der Waals surface area (Å²) in [7, 11) is 0. The molecular formula is C17H15N3O4. The molecule has 0 unspecified atom stereocenters. The molecule has 2 aromatic rings. The van der Waals surface area contributed by atoms with E-state index in [9.17, 15) is 19.7 Å². The number of nitrogens with one attached hydrogen (secondary N) is 2. The highest BCUT2D eigenvalue weighted by Crippen LogP contribution is 2.16. The van der Waals surface area contributed by atoms with Crippen molar-refractivity contribution in [2.45, 2.75) is 6.92 Å². The number of nitrogens with zero attached hydrogens (tertiary/aromatic N) is 1. The van der Waals surface area contributed by atoms with Crippen molar-refractivity contribution < 1.29 is 14.5 Å². The molecule has 2 N–H and O–H groups in total. The third-order valence-corrected chi connectivity index (χ3v) is 2.98. The van der Waals surface area contributed by atoms with Crippen LogP contribution in [0.15, 0.2) is 54.6 Å². The number of hydrogen-bond donors (Lipinski definition) is 2. The molecule has 2 aromatic carbocycles. The first-order valence-electron chi connectivity index (χ1n) is 7.05. The lowest BCUT2D eigenvalue weighted by atomic mass is 10.2. The topological polar surface area (TPSA) is 101 Å². The fourth-order valence-corrected chi connectivity index (χ4v) is 1.94.